The number of carboxylic acid groups (broad SMARTS) is 1. The molecule has 0 spiro atoms. The molecule has 0 radical (unpaired) electrons. The predicted molar refractivity (Wildman–Crippen MR) is 94.1 cm³/mol. The van der Waals surface area contributed by atoms with E-state index in [0.717, 1.165) is 0 Å². The number of aliphatic carboxylic acids is 1. The Morgan fingerprint density at radius 1 is 1.26 bits per heavy atom. The van der Waals surface area contributed by atoms with Gasteiger partial charge in [-0.05, 0) is 31.0 Å². The van der Waals surface area contributed by atoms with E-state index in [1.807, 2.05) is 0 Å². The standard InChI is InChI=1S/C17H23F2N3O5/c1-3-17(4-2,15(24)25)9-21-16(26)22-11-7-10(14(20)23)5-6-12(11)27-8-13(18)19/h5-7,13H,3-4,8-9H2,1-2H3,(H2,20,23)(H,24,25)(H2,21,22,26). The zero-order chi connectivity index (χ0) is 20.6. The molecule has 0 atom stereocenters. The number of anilines is 1. The second-order valence-corrected chi connectivity index (χ2v) is 5.88. The summed E-state index contributed by atoms with van der Waals surface area (Å²) in [5.41, 5.74) is 4.05. The van der Waals surface area contributed by atoms with Gasteiger partial charge in [0.15, 0.2) is 0 Å². The number of carbonyl (C=O) groups is 3. The van der Waals surface area contributed by atoms with Crippen molar-refractivity contribution in [2.75, 3.05) is 18.5 Å². The molecule has 0 heterocycles. The van der Waals surface area contributed by atoms with Crippen LogP contribution in [0.15, 0.2) is 18.2 Å². The maximum Gasteiger partial charge on any atom is 0.319 e. The highest BCUT2D eigenvalue weighted by Gasteiger charge is 2.35. The van der Waals surface area contributed by atoms with Crippen LogP contribution in [0.1, 0.15) is 37.0 Å². The van der Waals surface area contributed by atoms with Crippen molar-refractivity contribution < 1.29 is 33.0 Å². The van der Waals surface area contributed by atoms with Crippen LogP contribution in [-0.4, -0.2) is 42.6 Å². The number of carbonyl (C=O) groups excluding carboxylic acids is 2. The Bertz CT molecular complexity index is 693. The van der Waals surface area contributed by atoms with Gasteiger partial charge in [0.05, 0.1) is 11.1 Å². The van der Waals surface area contributed by atoms with Gasteiger partial charge in [-0.15, -0.1) is 0 Å². The lowest BCUT2D eigenvalue weighted by atomic mass is 9.82. The van der Waals surface area contributed by atoms with Crippen molar-refractivity contribution in [3.63, 3.8) is 0 Å². The SMILES string of the molecule is CCC(CC)(CNC(=O)Nc1cc(C(N)=O)ccc1OCC(F)F)C(=O)O. The summed E-state index contributed by atoms with van der Waals surface area (Å²) in [6.07, 6.45) is -2.12. The number of ether oxygens (including phenoxy) is 1. The number of nitrogens with two attached hydrogens (primary N) is 1. The van der Waals surface area contributed by atoms with E-state index in [-0.39, 0.29) is 23.5 Å². The largest absolute Gasteiger partial charge is 0.485 e. The van der Waals surface area contributed by atoms with Crippen molar-refractivity contribution in [3.8, 4) is 5.75 Å². The highest BCUT2D eigenvalue weighted by molar-refractivity contribution is 5.97. The number of benzene rings is 1. The van der Waals surface area contributed by atoms with Crippen LogP contribution in [0.4, 0.5) is 19.3 Å². The molecule has 0 aromatic heterocycles. The lowest BCUT2D eigenvalue weighted by Crippen LogP contribution is -2.43. The summed E-state index contributed by atoms with van der Waals surface area (Å²) in [4.78, 5) is 34.9. The van der Waals surface area contributed by atoms with Gasteiger partial charge in [-0.2, -0.15) is 0 Å². The number of rotatable bonds is 10. The molecule has 0 saturated heterocycles. The smallest absolute Gasteiger partial charge is 0.319 e. The van der Waals surface area contributed by atoms with Crippen LogP contribution in [0, 0.1) is 5.41 Å². The first-order chi connectivity index (χ1) is 12.6. The van der Waals surface area contributed by atoms with Gasteiger partial charge in [-0.25, -0.2) is 13.6 Å². The zero-order valence-corrected chi connectivity index (χ0v) is 15.1. The second-order valence-electron chi connectivity index (χ2n) is 5.88. The minimum Gasteiger partial charge on any atom is -0.485 e. The molecule has 0 fully saturated rings. The Kier molecular flexibility index (Phi) is 7.95. The molecule has 1 aromatic carbocycles. The maximum atomic E-state index is 12.4. The first kappa shape index (κ1) is 22.1. The average molecular weight is 387 g/mol. The van der Waals surface area contributed by atoms with E-state index < -0.39 is 36.4 Å². The molecule has 0 aliphatic rings. The lowest BCUT2D eigenvalue weighted by Gasteiger charge is -2.27. The minimum absolute atomic E-state index is 0.0386. The third-order valence-electron chi connectivity index (χ3n) is 4.27. The molecule has 10 heteroatoms. The molecule has 0 aliphatic carbocycles. The third-order valence-corrected chi connectivity index (χ3v) is 4.27. The molecule has 0 bridgehead atoms. The number of amides is 3. The lowest BCUT2D eigenvalue weighted by molar-refractivity contribution is -0.149. The quantitative estimate of drug-likeness (QED) is 0.490. The monoisotopic (exact) mass is 387 g/mol. The molecule has 3 amide bonds. The molecule has 1 rings (SSSR count). The van der Waals surface area contributed by atoms with Gasteiger partial charge in [-0.3, -0.25) is 9.59 Å². The molecule has 27 heavy (non-hydrogen) atoms. The molecular weight excluding hydrogens is 364 g/mol. The number of primary amides is 1. The first-order valence-corrected chi connectivity index (χ1v) is 8.28. The van der Waals surface area contributed by atoms with E-state index in [9.17, 15) is 28.3 Å². The highest BCUT2D eigenvalue weighted by atomic mass is 19.3. The van der Waals surface area contributed by atoms with Crippen LogP contribution in [0.3, 0.4) is 0 Å². The van der Waals surface area contributed by atoms with E-state index in [1.54, 1.807) is 13.8 Å². The summed E-state index contributed by atoms with van der Waals surface area (Å²) >= 11 is 0. The summed E-state index contributed by atoms with van der Waals surface area (Å²) in [7, 11) is 0. The van der Waals surface area contributed by atoms with Gasteiger partial charge in [0.1, 0.15) is 12.4 Å². The van der Waals surface area contributed by atoms with Gasteiger partial charge in [0.25, 0.3) is 6.43 Å². The minimum atomic E-state index is -2.73. The van der Waals surface area contributed by atoms with Crippen molar-refractivity contribution in [1.29, 1.82) is 0 Å². The van der Waals surface area contributed by atoms with Crippen LogP contribution >= 0.6 is 0 Å². The molecule has 5 N–H and O–H groups in total. The van der Waals surface area contributed by atoms with Gasteiger partial charge in [0.2, 0.25) is 5.91 Å². The van der Waals surface area contributed by atoms with Gasteiger partial charge in [-0.1, -0.05) is 13.8 Å². The van der Waals surface area contributed by atoms with E-state index in [2.05, 4.69) is 10.6 Å². The fourth-order valence-corrected chi connectivity index (χ4v) is 2.35. The Hall–Kier alpha value is -2.91. The topological polar surface area (TPSA) is 131 Å². The first-order valence-electron chi connectivity index (χ1n) is 8.28. The Balaban J connectivity index is 2.94. The highest BCUT2D eigenvalue weighted by Crippen LogP contribution is 2.28. The molecule has 8 nitrogen and oxygen atoms in total. The van der Waals surface area contributed by atoms with Crippen LogP contribution in [0.2, 0.25) is 0 Å². The van der Waals surface area contributed by atoms with Crippen molar-refractivity contribution in [3.05, 3.63) is 23.8 Å². The van der Waals surface area contributed by atoms with Gasteiger partial charge in [0, 0.05) is 12.1 Å². The van der Waals surface area contributed by atoms with Crippen LogP contribution < -0.4 is 21.1 Å². The fourth-order valence-electron chi connectivity index (χ4n) is 2.35. The van der Waals surface area contributed by atoms with E-state index in [4.69, 9.17) is 10.5 Å². The summed E-state index contributed by atoms with van der Waals surface area (Å²) in [5.74, 6) is -1.89. The molecule has 0 saturated carbocycles. The summed E-state index contributed by atoms with van der Waals surface area (Å²) < 4.78 is 29.7. The predicted octanol–water partition coefficient (Wildman–Crippen LogP) is 2.44. The molecule has 1 aromatic rings. The van der Waals surface area contributed by atoms with Crippen molar-refractivity contribution in [2.24, 2.45) is 11.1 Å². The number of urea groups is 1. The summed E-state index contributed by atoms with van der Waals surface area (Å²) in [6.45, 7) is 2.36. The van der Waals surface area contributed by atoms with Crippen LogP contribution in [-0.2, 0) is 4.79 Å². The second kappa shape index (κ2) is 9.70. The molecule has 150 valence electrons. The van der Waals surface area contributed by atoms with Crippen molar-refractivity contribution in [2.45, 2.75) is 33.1 Å². The average Bonchev–Trinajstić information content (AvgIpc) is 2.61. The molecule has 0 aliphatic heterocycles. The Labute approximate surface area is 155 Å². The van der Waals surface area contributed by atoms with E-state index in [0.29, 0.717) is 12.8 Å². The van der Waals surface area contributed by atoms with Gasteiger partial charge >= 0.3 is 12.0 Å². The number of hydrogen-bond acceptors (Lipinski definition) is 4. The molecule has 0 unspecified atom stereocenters. The maximum absolute atomic E-state index is 12.4. The van der Waals surface area contributed by atoms with Crippen LogP contribution in [0.25, 0.3) is 0 Å². The third kappa shape index (κ3) is 6.08. The summed E-state index contributed by atoms with van der Waals surface area (Å²) in [5, 5.41) is 14.2. The Morgan fingerprint density at radius 2 is 1.89 bits per heavy atom. The van der Waals surface area contributed by atoms with E-state index >= 15 is 0 Å². The van der Waals surface area contributed by atoms with E-state index in [1.165, 1.54) is 18.2 Å². The number of halogens is 2. The zero-order valence-electron chi connectivity index (χ0n) is 15.1. The van der Waals surface area contributed by atoms with Crippen molar-refractivity contribution in [1.82, 2.24) is 5.32 Å². The number of hydrogen-bond donors (Lipinski definition) is 4. The Morgan fingerprint density at radius 3 is 2.37 bits per heavy atom. The number of carboxylic acids is 1. The fraction of sp³-hybridized carbons (Fsp3) is 0.471. The number of alkyl halides is 2. The van der Waals surface area contributed by atoms with Gasteiger partial charge < -0.3 is 26.2 Å². The van der Waals surface area contributed by atoms with Crippen molar-refractivity contribution >= 4 is 23.6 Å². The number of nitrogens with one attached hydrogen (secondary N) is 2. The normalized spacial score (nSPS) is 11.1. The molecular formula is C17H23F2N3O5. The summed E-state index contributed by atoms with van der Waals surface area (Å²) in [6, 6.07) is 2.92. The van der Waals surface area contributed by atoms with Crippen LogP contribution in [0.5, 0.6) is 5.75 Å².